The van der Waals surface area contributed by atoms with Gasteiger partial charge in [0, 0.05) is 31.5 Å². The van der Waals surface area contributed by atoms with E-state index >= 15 is 0 Å². The van der Waals surface area contributed by atoms with Gasteiger partial charge in [-0.25, -0.2) is 0 Å². The minimum absolute atomic E-state index is 0.280. The summed E-state index contributed by atoms with van der Waals surface area (Å²) in [6.45, 7) is 6.44. The molecule has 96 valence electrons. The molecule has 0 radical (unpaired) electrons. The van der Waals surface area contributed by atoms with Gasteiger partial charge in [0.05, 0.1) is 0 Å². The maximum absolute atomic E-state index is 6.15. The van der Waals surface area contributed by atoms with Crippen LogP contribution in [0.5, 0.6) is 0 Å². The summed E-state index contributed by atoms with van der Waals surface area (Å²) in [7, 11) is 2.14. The molecule has 2 atom stereocenters. The molecule has 0 aliphatic rings. The lowest BCUT2D eigenvalue weighted by molar-refractivity contribution is 0.276. The van der Waals surface area contributed by atoms with Crippen LogP contribution in [0.4, 0.5) is 0 Å². The highest BCUT2D eigenvalue weighted by Crippen LogP contribution is 2.07. The smallest absolute Gasteiger partial charge is 0.0270 e. The summed E-state index contributed by atoms with van der Waals surface area (Å²) >= 11 is 0. The van der Waals surface area contributed by atoms with E-state index in [-0.39, 0.29) is 6.04 Å². The highest BCUT2D eigenvalue weighted by molar-refractivity contribution is 5.09. The van der Waals surface area contributed by atoms with Crippen molar-refractivity contribution in [1.29, 1.82) is 0 Å². The van der Waals surface area contributed by atoms with Gasteiger partial charge in [-0.3, -0.25) is 4.98 Å². The highest BCUT2D eigenvalue weighted by atomic mass is 15.1. The maximum Gasteiger partial charge on any atom is 0.0270 e. The fourth-order valence-electron chi connectivity index (χ4n) is 1.80. The average Bonchev–Trinajstić information content (AvgIpc) is 2.36. The topological polar surface area (TPSA) is 42.1 Å². The second-order valence-corrected chi connectivity index (χ2v) is 4.92. The molecule has 17 heavy (non-hydrogen) atoms. The van der Waals surface area contributed by atoms with Crippen LogP contribution in [0.1, 0.15) is 25.8 Å². The third kappa shape index (κ3) is 5.29. The van der Waals surface area contributed by atoms with Gasteiger partial charge in [-0.1, -0.05) is 20.3 Å². The van der Waals surface area contributed by atoms with Gasteiger partial charge < -0.3 is 10.6 Å². The molecule has 0 saturated heterocycles. The Bertz CT molecular complexity index is 300. The summed E-state index contributed by atoms with van der Waals surface area (Å²) in [6.07, 6.45) is 5.91. The molecule has 2 N–H and O–H groups in total. The molecule has 1 heterocycles. The van der Waals surface area contributed by atoms with Gasteiger partial charge in [-0.2, -0.15) is 0 Å². The van der Waals surface area contributed by atoms with Crippen molar-refractivity contribution in [3.8, 4) is 0 Å². The third-order valence-electron chi connectivity index (χ3n) is 3.43. The van der Waals surface area contributed by atoms with Crippen LogP contribution >= 0.6 is 0 Å². The SMILES string of the molecule is CCC(C)[C@H](N)CN(C)CCc1ccncc1. The molecule has 0 aromatic carbocycles. The third-order valence-corrected chi connectivity index (χ3v) is 3.43. The summed E-state index contributed by atoms with van der Waals surface area (Å²) < 4.78 is 0. The molecule has 3 nitrogen and oxygen atoms in total. The molecule has 0 aliphatic heterocycles. The summed E-state index contributed by atoms with van der Waals surface area (Å²) in [4.78, 5) is 6.34. The maximum atomic E-state index is 6.15. The van der Waals surface area contributed by atoms with Crippen LogP contribution in [-0.4, -0.2) is 36.1 Å². The second-order valence-electron chi connectivity index (χ2n) is 4.92. The Balaban J connectivity index is 2.28. The molecule has 3 heteroatoms. The van der Waals surface area contributed by atoms with E-state index in [1.165, 1.54) is 5.56 Å². The average molecular weight is 235 g/mol. The van der Waals surface area contributed by atoms with Crippen LogP contribution in [-0.2, 0) is 6.42 Å². The Kier molecular flexibility index (Phi) is 6.16. The quantitative estimate of drug-likeness (QED) is 0.785. The fraction of sp³-hybridized carbons (Fsp3) is 0.643. The van der Waals surface area contributed by atoms with Gasteiger partial charge in [0.25, 0.3) is 0 Å². The van der Waals surface area contributed by atoms with Gasteiger partial charge in [0.1, 0.15) is 0 Å². The van der Waals surface area contributed by atoms with E-state index in [1.807, 2.05) is 12.4 Å². The number of rotatable bonds is 7. The lowest BCUT2D eigenvalue weighted by Crippen LogP contribution is -2.40. The van der Waals surface area contributed by atoms with Crippen LogP contribution in [0.15, 0.2) is 24.5 Å². The number of nitrogens with two attached hydrogens (primary N) is 1. The Labute approximate surface area is 105 Å². The molecule has 0 bridgehead atoms. The molecule has 0 spiro atoms. The van der Waals surface area contributed by atoms with Crippen molar-refractivity contribution in [2.45, 2.75) is 32.7 Å². The van der Waals surface area contributed by atoms with Crippen LogP contribution in [0.25, 0.3) is 0 Å². The number of aromatic nitrogens is 1. The van der Waals surface area contributed by atoms with Gasteiger partial charge >= 0.3 is 0 Å². The van der Waals surface area contributed by atoms with E-state index in [1.54, 1.807) is 0 Å². The van der Waals surface area contributed by atoms with Crippen molar-refractivity contribution in [2.24, 2.45) is 11.7 Å². The first-order valence-corrected chi connectivity index (χ1v) is 6.46. The zero-order chi connectivity index (χ0) is 12.7. The Morgan fingerprint density at radius 3 is 2.59 bits per heavy atom. The van der Waals surface area contributed by atoms with Crippen molar-refractivity contribution in [2.75, 3.05) is 20.1 Å². The molecule has 1 rings (SSSR count). The van der Waals surface area contributed by atoms with Gasteiger partial charge in [-0.05, 0) is 37.1 Å². The van der Waals surface area contributed by atoms with Crippen molar-refractivity contribution in [1.82, 2.24) is 9.88 Å². The molecule has 1 unspecified atom stereocenters. The van der Waals surface area contributed by atoms with E-state index < -0.39 is 0 Å². The number of nitrogens with zero attached hydrogens (tertiary/aromatic N) is 2. The number of likely N-dealkylation sites (N-methyl/N-ethyl adjacent to an activating group) is 1. The number of hydrogen-bond donors (Lipinski definition) is 1. The van der Waals surface area contributed by atoms with E-state index in [9.17, 15) is 0 Å². The minimum atomic E-state index is 0.280. The van der Waals surface area contributed by atoms with Gasteiger partial charge in [-0.15, -0.1) is 0 Å². The highest BCUT2D eigenvalue weighted by Gasteiger charge is 2.12. The molecular weight excluding hydrogens is 210 g/mol. The summed E-state index contributed by atoms with van der Waals surface area (Å²) in [5.41, 5.74) is 7.48. The van der Waals surface area contributed by atoms with Crippen LogP contribution in [0, 0.1) is 5.92 Å². The van der Waals surface area contributed by atoms with Crippen molar-refractivity contribution >= 4 is 0 Å². The van der Waals surface area contributed by atoms with E-state index in [0.717, 1.165) is 25.9 Å². The summed E-state index contributed by atoms with van der Waals surface area (Å²) in [5, 5.41) is 0. The van der Waals surface area contributed by atoms with Crippen molar-refractivity contribution in [3.63, 3.8) is 0 Å². The minimum Gasteiger partial charge on any atom is -0.326 e. The monoisotopic (exact) mass is 235 g/mol. The standard InChI is InChI=1S/C14H25N3/c1-4-12(2)14(15)11-17(3)10-7-13-5-8-16-9-6-13/h5-6,8-9,12,14H,4,7,10-11,15H2,1-3H3/t12?,14-/m1/s1. The van der Waals surface area contributed by atoms with Crippen LogP contribution < -0.4 is 5.73 Å². The number of pyridine rings is 1. The number of hydrogen-bond acceptors (Lipinski definition) is 3. The van der Waals surface area contributed by atoms with E-state index in [4.69, 9.17) is 5.73 Å². The zero-order valence-corrected chi connectivity index (χ0v) is 11.3. The first-order chi connectivity index (χ1) is 8.13. The second kappa shape index (κ2) is 7.41. The van der Waals surface area contributed by atoms with Crippen molar-refractivity contribution < 1.29 is 0 Å². The predicted molar refractivity (Wildman–Crippen MR) is 72.9 cm³/mol. The largest absolute Gasteiger partial charge is 0.326 e. The summed E-state index contributed by atoms with van der Waals surface area (Å²) in [6, 6.07) is 4.42. The lowest BCUT2D eigenvalue weighted by atomic mass is 10.00. The Morgan fingerprint density at radius 2 is 2.00 bits per heavy atom. The van der Waals surface area contributed by atoms with E-state index in [2.05, 4.69) is 42.9 Å². The van der Waals surface area contributed by atoms with Gasteiger partial charge in [0.2, 0.25) is 0 Å². The fourth-order valence-corrected chi connectivity index (χ4v) is 1.80. The predicted octanol–water partition coefficient (Wildman–Crippen LogP) is 1.93. The first kappa shape index (κ1) is 14.1. The van der Waals surface area contributed by atoms with Gasteiger partial charge in [0.15, 0.2) is 0 Å². The van der Waals surface area contributed by atoms with Crippen LogP contribution in [0.2, 0.25) is 0 Å². The Morgan fingerprint density at radius 1 is 1.35 bits per heavy atom. The molecule has 0 aliphatic carbocycles. The molecule has 0 amide bonds. The lowest BCUT2D eigenvalue weighted by Gasteiger charge is -2.25. The zero-order valence-electron chi connectivity index (χ0n) is 11.3. The Hall–Kier alpha value is -0.930. The normalized spacial score (nSPS) is 14.9. The van der Waals surface area contributed by atoms with Crippen molar-refractivity contribution in [3.05, 3.63) is 30.1 Å². The molecule has 1 aromatic rings. The van der Waals surface area contributed by atoms with E-state index in [0.29, 0.717) is 5.92 Å². The molecule has 0 saturated carbocycles. The molecule has 0 fully saturated rings. The first-order valence-electron chi connectivity index (χ1n) is 6.46. The molecule has 1 aromatic heterocycles. The molecular formula is C14H25N3. The summed E-state index contributed by atoms with van der Waals surface area (Å²) in [5.74, 6) is 0.596. The van der Waals surface area contributed by atoms with Crippen LogP contribution in [0.3, 0.4) is 0 Å².